The molecule has 0 aliphatic heterocycles. The summed E-state index contributed by atoms with van der Waals surface area (Å²) in [4.78, 5) is 0.130. The molecule has 1 heterocycles. The van der Waals surface area contributed by atoms with E-state index in [9.17, 15) is 13.5 Å². The average Bonchev–Trinajstić information content (AvgIpc) is 2.85. The fraction of sp³-hybridized carbons (Fsp3) is 0.750. The Bertz CT molecular complexity index is 506. The fourth-order valence-electron chi connectivity index (χ4n) is 2.50. The first kappa shape index (κ1) is 14.5. The molecular weight excluding hydrogens is 266 g/mol. The van der Waals surface area contributed by atoms with Gasteiger partial charge >= 0.3 is 0 Å². The first-order chi connectivity index (χ1) is 8.99. The highest BCUT2D eigenvalue weighted by molar-refractivity contribution is 7.89. The molecule has 19 heavy (non-hydrogen) atoms. The van der Waals surface area contributed by atoms with Crippen LogP contribution in [0.5, 0.6) is 0 Å². The third-order valence-corrected chi connectivity index (χ3v) is 5.05. The molecule has 1 aromatic heterocycles. The first-order valence-electron chi connectivity index (χ1n) is 6.65. The van der Waals surface area contributed by atoms with Crippen LogP contribution in [0.15, 0.2) is 17.3 Å². The molecule has 0 unspecified atom stereocenters. The van der Waals surface area contributed by atoms with Crippen molar-refractivity contribution in [1.82, 2.24) is 14.5 Å². The molecule has 7 heteroatoms. The molecule has 1 atom stereocenters. The minimum Gasteiger partial charge on any atom is -0.391 e. The summed E-state index contributed by atoms with van der Waals surface area (Å²) in [5.74, 6) is 0.213. The molecule has 1 saturated carbocycles. The Kier molecular flexibility index (Phi) is 4.59. The summed E-state index contributed by atoms with van der Waals surface area (Å²) >= 11 is 0. The van der Waals surface area contributed by atoms with Crippen LogP contribution in [0.4, 0.5) is 0 Å². The SMILES string of the molecule is Cn1cc(S(=O)(=O)NC[C@H](O)C2CCCCC2)cn1. The molecule has 0 amide bonds. The number of rotatable bonds is 5. The predicted molar refractivity (Wildman–Crippen MR) is 71.0 cm³/mol. The Morgan fingerprint density at radius 2 is 2.16 bits per heavy atom. The Morgan fingerprint density at radius 1 is 1.47 bits per heavy atom. The maximum Gasteiger partial charge on any atom is 0.243 e. The van der Waals surface area contributed by atoms with Crippen LogP contribution in [0.3, 0.4) is 0 Å². The first-order valence-corrected chi connectivity index (χ1v) is 8.14. The van der Waals surface area contributed by atoms with E-state index in [2.05, 4.69) is 9.82 Å². The minimum atomic E-state index is -3.57. The van der Waals surface area contributed by atoms with Gasteiger partial charge in [-0.25, -0.2) is 13.1 Å². The summed E-state index contributed by atoms with van der Waals surface area (Å²) in [6, 6.07) is 0. The Hall–Kier alpha value is -0.920. The molecule has 1 fully saturated rings. The summed E-state index contributed by atoms with van der Waals surface area (Å²) in [6.07, 6.45) is 7.56. The van der Waals surface area contributed by atoms with E-state index >= 15 is 0 Å². The van der Waals surface area contributed by atoms with Gasteiger partial charge in [-0.15, -0.1) is 0 Å². The van der Waals surface area contributed by atoms with Crippen LogP contribution in [-0.2, 0) is 17.1 Å². The topological polar surface area (TPSA) is 84.2 Å². The molecular formula is C12H21N3O3S. The highest BCUT2D eigenvalue weighted by atomic mass is 32.2. The van der Waals surface area contributed by atoms with Crippen molar-refractivity contribution in [1.29, 1.82) is 0 Å². The lowest BCUT2D eigenvalue weighted by Crippen LogP contribution is -2.36. The van der Waals surface area contributed by atoms with Gasteiger partial charge in [0, 0.05) is 19.8 Å². The molecule has 1 aromatic rings. The van der Waals surface area contributed by atoms with Crippen LogP contribution < -0.4 is 4.72 Å². The monoisotopic (exact) mass is 287 g/mol. The number of hydrogen-bond donors (Lipinski definition) is 2. The summed E-state index contributed by atoms with van der Waals surface area (Å²) in [5, 5.41) is 13.9. The number of aliphatic hydroxyl groups is 1. The van der Waals surface area contributed by atoms with Gasteiger partial charge in [0.05, 0.1) is 12.3 Å². The molecule has 108 valence electrons. The molecule has 2 rings (SSSR count). The van der Waals surface area contributed by atoms with Crippen LogP contribution in [0.25, 0.3) is 0 Å². The third-order valence-electron chi connectivity index (χ3n) is 3.67. The molecule has 0 spiro atoms. The number of aliphatic hydroxyl groups excluding tert-OH is 1. The van der Waals surface area contributed by atoms with Crippen LogP contribution in [0.1, 0.15) is 32.1 Å². The number of aromatic nitrogens is 2. The Balaban J connectivity index is 1.90. The predicted octanol–water partition coefficient (Wildman–Crippen LogP) is 0.640. The zero-order valence-corrected chi connectivity index (χ0v) is 11.9. The smallest absolute Gasteiger partial charge is 0.243 e. The molecule has 2 N–H and O–H groups in total. The van der Waals surface area contributed by atoms with Gasteiger partial charge < -0.3 is 5.11 Å². The summed E-state index contributed by atoms with van der Waals surface area (Å²) in [7, 11) is -1.90. The van der Waals surface area contributed by atoms with E-state index < -0.39 is 16.1 Å². The van der Waals surface area contributed by atoms with Gasteiger partial charge in [0.25, 0.3) is 0 Å². The van der Waals surface area contributed by atoms with Crippen LogP contribution >= 0.6 is 0 Å². The van der Waals surface area contributed by atoms with Gasteiger partial charge in [0.2, 0.25) is 10.0 Å². The highest BCUT2D eigenvalue weighted by Crippen LogP contribution is 2.26. The zero-order chi connectivity index (χ0) is 13.9. The zero-order valence-electron chi connectivity index (χ0n) is 11.1. The second kappa shape index (κ2) is 6.02. The van der Waals surface area contributed by atoms with E-state index in [4.69, 9.17) is 0 Å². The highest BCUT2D eigenvalue weighted by Gasteiger charge is 2.24. The molecule has 0 radical (unpaired) electrons. The van der Waals surface area contributed by atoms with E-state index in [0.717, 1.165) is 25.7 Å². The lowest BCUT2D eigenvalue weighted by Gasteiger charge is -2.26. The molecule has 0 saturated heterocycles. The molecule has 6 nitrogen and oxygen atoms in total. The maximum atomic E-state index is 12.0. The standard InChI is InChI=1S/C12H21N3O3S/c1-15-9-11(7-13-15)19(17,18)14-8-12(16)10-5-3-2-4-6-10/h7,9-10,12,14,16H,2-6,8H2,1H3/t12-/m0/s1. The van der Waals surface area contributed by atoms with E-state index in [0.29, 0.717) is 0 Å². The second-order valence-corrected chi connectivity index (χ2v) is 6.93. The number of nitrogens with zero attached hydrogens (tertiary/aromatic N) is 2. The van der Waals surface area contributed by atoms with Gasteiger partial charge in [0.1, 0.15) is 4.90 Å². The van der Waals surface area contributed by atoms with Crippen LogP contribution in [-0.4, -0.2) is 36.0 Å². The van der Waals surface area contributed by atoms with Gasteiger partial charge in [-0.1, -0.05) is 19.3 Å². The quantitative estimate of drug-likeness (QED) is 0.832. The lowest BCUT2D eigenvalue weighted by atomic mass is 9.85. The largest absolute Gasteiger partial charge is 0.391 e. The van der Waals surface area contributed by atoms with Crippen LogP contribution in [0.2, 0.25) is 0 Å². The second-order valence-electron chi connectivity index (χ2n) is 5.17. The summed E-state index contributed by atoms with van der Waals surface area (Å²) in [6.45, 7) is 0.0713. The van der Waals surface area contributed by atoms with Crippen molar-refractivity contribution >= 4 is 10.0 Å². The van der Waals surface area contributed by atoms with E-state index in [-0.39, 0.29) is 17.4 Å². The van der Waals surface area contributed by atoms with E-state index in [1.54, 1.807) is 7.05 Å². The van der Waals surface area contributed by atoms with E-state index in [1.165, 1.54) is 23.5 Å². The van der Waals surface area contributed by atoms with Crippen molar-refractivity contribution in [3.8, 4) is 0 Å². The maximum absolute atomic E-state index is 12.0. The fourth-order valence-corrected chi connectivity index (χ4v) is 3.54. The summed E-state index contributed by atoms with van der Waals surface area (Å²) < 4.78 is 27.8. The minimum absolute atomic E-state index is 0.0713. The number of hydrogen-bond acceptors (Lipinski definition) is 4. The normalized spacial score (nSPS) is 19.5. The van der Waals surface area contributed by atoms with Crippen molar-refractivity contribution in [2.45, 2.75) is 43.1 Å². The van der Waals surface area contributed by atoms with Gasteiger partial charge in [-0.3, -0.25) is 4.68 Å². The van der Waals surface area contributed by atoms with E-state index in [1.807, 2.05) is 0 Å². The number of nitrogens with one attached hydrogen (secondary N) is 1. The lowest BCUT2D eigenvalue weighted by molar-refractivity contribution is 0.0888. The van der Waals surface area contributed by atoms with Crippen molar-refractivity contribution in [2.24, 2.45) is 13.0 Å². The van der Waals surface area contributed by atoms with Gasteiger partial charge in [0.15, 0.2) is 0 Å². The Morgan fingerprint density at radius 3 is 2.74 bits per heavy atom. The van der Waals surface area contributed by atoms with Crippen molar-refractivity contribution in [2.75, 3.05) is 6.54 Å². The molecule has 1 aliphatic carbocycles. The Labute approximate surface area is 113 Å². The summed E-state index contributed by atoms with van der Waals surface area (Å²) in [5.41, 5.74) is 0. The molecule has 1 aliphatic rings. The van der Waals surface area contributed by atoms with Gasteiger partial charge in [-0.05, 0) is 18.8 Å². The third kappa shape index (κ3) is 3.77. The van der Waals surface area contributed by atoms with Gasteiger partial charge in [-0.2, -0.15) is 5.10 Å². The van der Waals surface area contributed by atoms with Crippen molar-refractivity contribution in [3.05, 3.63) is 12.4 Å². The number of aryl methyl sites for hydroxylation is 1. The van der Waals surface area contributed by atoms with Crippen molar-refractivity contribution < 1.29 is 13.5 Å². The van der Waals surface area contributed by atoms with Crippen molar-refractivity contribution in [3.63, 3.8) is 0 Å². The average molecular weight is 287 g/mol. The molecule has 0 bridgehead atoms. The number of sulfonamides is 1. The van der Waals surface area contributed by atoms with Crippen LogP contribution in [0, 0.1) is 5.92 Å². The molecule has 0 aromatic carbocycles.